The minimum atomic E-state index is 0.313. The fourth-order valence-electron chi connectivity index (χ4n) is 3.02. The third-order valence-corrected chi connectivity index (χ3v) is 4.07. The summed E-state index contributed by atoms with van der Waals surface area (Å²) in [5, 5.41) is 0. The zero-order valence-corrected chi connectivity index (χ0v) is 10.5. The van der Waals surface area contributed by atoms with Crippen LogP contribution in [-0.4, -0.2) is 12.4 Å². The van der Waals surface area contributed by atoms with Crippen LogP contribution >= 0.6 is 0 Å². The van der Waals surface area contributed by atoms with Crippen LogP contribution in [0.3, 0.4) is 0 Å². The molecular weight excluding hydrogens is 224 g/mol. The van der Waals surface area contributed by atoms with Gasteiger partial charge in [-0.3, -0.25) is 4.79 Å². The van der Waals surface area contributed by atoms with E-state index in [1.807, 2.05) is 24.3 Å². The van der Waals surface area contributed by atoms with Gasteiger partial charge in [0.05, 0.1) is 13.2 Å². The quantitative estimate of drug-likeness (QED) is 0.810. The molecule has 94 valence electrons. The Morgan fingerprint density at radius 1 is 1.06 bits per heavy atom. The molecule has 0 radical (unpaired) electrons. The van der Waals surface area contributed by atoms with Crippen LogP contribution in [-0.2, 0) is 16.1 Å². The molecule has 2 aliphatic carbocycles. The second kappa shape index (κ2) is 5.07. The molecule has 2 aliphatic rings. The van der Waals surface area contributed by atoms with Crippen molar-refractivity contribution in [2.75, 3.05) is 6.61 Å². The van der Waals surface area contributed by atoms with Crippen molar-refractivity contribution < 1.29 is 9.53 Å². The average molecular weight is 242 g/mol. The average Bonchev–Trinajstić information content (AvgIpc) is 2.83. The predicted molar refractivity (Wildman–Crippen MR) is 70.0 cm³/mol. The van der Waals surface area contributed by atoms with Crippen molar-refractivity contribution in [2.45, 2.75) is 25.9 Å². The van der Waals surface area contributed by atoms with Gasteiger partial charge in [-0.15, -0.1) is 0 Å². The summed E-state index contributed by atoms with van der Waals surface area (Å²) >= 11 is 0. The molecular formula is C16H18O2. The molecule has 0 saturated heterocycles. The highest BCUT2D eigenvalue weighted by Crippen LogP contribution is 2.40. The van der Waals surface area contributed by atoms with Crippen molar-refractivity contribution in [3.63, 3.8) is 0 Å². The van der Waals surface area contributed by atoms with Gasteiger partial charge in [-0.25, -0.2) is 0 Å². The van der Waals surface area contributed by atoms with Gasteiger partial charge in [0.2, 0.25) is 0 Å². The van der Waals surface area contributed by atoms with Crippen molar-refractivity contribution in [3.05, 3.63) is 47.5 Å². The summed E-state index contributed by atoms with van der Waals surface area (Å²) < 4.78 is 5.74. The summed E-state index contributed by atoms with van der Waals surface area (Å²) in [7, 11) is 0. The van der Waals surface area contributed by atoms with Crippen LogP contribution in [0.2, 0.25) is 0 Å². The van der Waals surface area contributed by atoms with Crippen LogP contribution in [0.5, 0.6) is 0 Å². The molecule has 2 atom stereocenters. The molecule has 1 aromatic carbocycles. The predicted octanol–water partition coefficient (Wildman–Crippen LogP) is 3.13. The molecule has 0 spiro atoms. The summed E-state index contributed by atoms with van der Waals surface area (Å²) in [4.78, 5) is 11.8. The van der Waals surface area contributed by atoms with Crippen LogP contribution in [0, 0.1) is 11.8 Å². The molecule has 3 rings (SSSR count). The molecule has 0 aromatic heterocycles. The fourth-order valence-corrected chi connectivity index (χ4v) is 3.02. The Labute approximate surface area is 108 Å². The van der Waals surface area contributed by atoms with Crippen LogP contribution in [0.1, 0.15) is 24.8 Å². The monoisotopic (exact) mass is 242 g/mol. The Bertz CT molecular complexity index is 461. The lowest BCUT2D eigenvalue weighted by Crippen LogP contribution is -2.18. The Morgan fingerprint density at radius 3 is 2.67 bits per heavy atom. The zero-order valence-electron chi connectivity index (χ0n) is 10.5. The number of fused-ring (bicyclic) bond motifs is 2. The van der Waals surface area contributed by atoms with Crippen LogP contribution in [0.15, 0.2) is 42.0 Å². The van der Waals surface area contributed by atoms with E-state index < -0.39 is 0 Å². The van der Waals surface area contributed by atoms with E-state index in [1.165, 1.54) is 11.1 Å². The van der Waals surface area contributed by atoms with Crippen molar-refractivity contribution in [1.82, 2.24) is 0 Å². The van der Waals surface area contributed by atoms with Crippen molar-refractivity contribution in [2.24, 2.45) is 11.8 Å². The van der Waals surface area contributed by atoms with E-state index in [1.54, 1.807) is 0 Å². The number of carbonyl (C=O) groups excluding carboxylic acids is 1. The van der Waals surface area contributed by atoms with Gasteiger partial charge < -0.3 is 4.74 Å². The maximum Gasteiger partial charge on any atom is 0.158 e. The number of carbonyl (C=O) groups is 1. The number of allylic oxidation sites excluding steroid dienone is 1. The number of ether oxygens (including phenoxy) is 1. The summed E-state index contributed by atoms with van der Waals surface area (Å²) in [6.45, 7) is 1.24. The first-order valence-corrected chi connectivity index (χ1v) is 6.69. The third kappa shape index (κ3) is 2.39. The molecule has 1 fully saturated rings. The van der Waals surface area contributed by atoms with E-state index in [2.05, 4.69) is 12.1 Å². The normalized spacial score (nSPS) is 26.2. The van der Waals surface area contributed by atoms with E-state index in [9.17, 15) is 4.79 Å². The first-order valence-electron chi connectivity index (χ1n) is 6.69. The van der Waals surface area contributed by atoms with Crippen molar-refractivity contribution >= 4 is 5.78 Å². The first kappa shape index (κ1) is 11.7. The van der Waals surface area contributed by atoms with E-state index in [0.29, 0.717) is 30.8 Å². The Hall–Kier alpha value is -1.41. The highest BCUT2D eigenvalue weighted by Gasteiger charge is 2.35. The van der Waals surface area contributed by atoms with Gasteiger partial charge in [0, 0.05) is 5.92 Å². The lowest BCUT2D eigenvalue weighted by atomic mass is 9.88. The smallest absolute Gasteiger partial charge is 0.158 e. The van der Waals surface area contributed by atoms with Gasteiger partial charge in [0.1, 0.15) is 0 Å². The van der Waals surface area contributed by atoms with Gasteiger partial charge in [-0.05, 0) is 42.4 Å². The number of hydrogen-bond acceptors (Lipinski definition) is 2. The largest absolute Gasteiger partial charge is 0.372 e. The Kier molecular flexibility index (Phi) is 3.28. The molecule has 0 heterocycles. The maximum absolute atomic E-state index is 11.8. The van der Waals surface area contributed by atoms with E-state index in [-0.39, 0.29) is 0 Å². The highest BCUT2D eigenvalue weighted by atomic mass is 16.5. The lowest BCUT2D eigenvalue weighted by molar-refractivity contribution is -0.118. The molecule has 0 amide bonds. The number of hydrogen-bond donors (Lipinski definition) is 0. The molecule has 1 saturated carbocycles. The SMILES string of the molecule is O=C1C=C(COCc2ccccc2)[C@H]2CC[C@@H]1C2. The van der Waals surface area contributed by atoms with Crippen LogP contribution in [0.25, 0.3) is 0 Å². The summed E-state index contributed by atoms with van der Waals surface area (Å²) in [5.41, 5.74) is 2.40. The minimum absolute atomic E-state index is 0.313. The van der Waals surface area contributed by atoms with E-state index in [0.717, 1.165) is 19.3 Å². The highest BCUT2D eigenvalue weighted by molar-refractivity contribution is 5.93. The maximum atomic E-state index is 11.8. The summed E-state index contributed by atoms with van der Waals surface area (Å²) in [5.74, 6) is 1.23. The van der Waals surface area contributed by atoms with E-state index >= 15 is 0 Å². The van der Waals surface area contributed by atoms with Gasteiger partial charge in [-0.1, -0.05) is 30.3 Å². The molecule has 0 unspecified atom stereocenters. The zero-order chi connectivity index (χ0) is 12.4. The number of benzene rings is 1. The molecule has 2 bridgehead atoms. The van der Waals surface area contributed by atoms with Crippen molar-refractivity contribution in [1.29, 1.82) is 0 Å². The lowest BCUT2D eigenvalue weighted by Gasteiger charge is -2.19. The minimum Gasteiger partial charge on any atom is -0.372 e. The second-order valence-electron chi connectivity index (χ2n) is 5.31. The summed E-state index contributed by atoms with van der Waals surface area (Å²) in [6.07, 6.45) is 5.13. The molecule has 0 aliphatic heterocycles. The van der Waals surface area contributed by atoms with Gasteiger partial charge >= 0.3 is 0 Å². The van der Waals surface area contributed by atoms with Gasteiger partial charge in [0.15, 0.2) is 5.78 Å². The number of ketones is 1. The van der Waals surface area contributed by atoms with Gasteiger partial charge in [0.25, 0.3) is 0 Å². The molecule has 2 nitrogen and oxygen atoms in total. The standard InChI is InChI=1S/C16H18O2/c17-16-9-15(13-6-7-14(16)8-13)11-18-10-12-4-2-1-3-5-12/h1-5,9,13-14H,6-8,10-11H2/t13-,14+/m0/s1. The van der Waals surface area contributed by atoms with Crippen molar-refractivity contribution in [3.8, 4) is 0 Å². The first-order chi connectivity index (χ1) is 8.83. The van der Waals surface area contributed by atoms with Crippen LogP contribution < -0.4 is 0 Å². The molecule has 0 N–H and O–H groups in total. The van der Waals surface area contributed by atoms with E-state index in [4.69, 9.17) is 4.74 Å². The third-order valence-electron chi connectivity index (χ3n) is 4.07. The topological polar surface area (TPSA) is 26.3 Å². The molecule has 18 heavy (non-hydrogen) atoms. The molecule has 2 heteroatoms. The fraction of sp³-hybridized carbons (Fsp3) is 0.438. The van der Waals surface area contributed by atoms with Gasteiger partial charge in [-0.2, -0.15) is 0 Å². The molecule has 1 aromatic rings. The van der Waals surface area contributed by atoms with Crippen LogP contribution in [0.4, 0.5) is 0 Å². The Morgan fingerprint density at radius 2 is 1.83 bits per heavy atom. The summed E-state index contributed by atoms with van der Waals surface area (Å²) in [6, 6.07) is 10.2. The Balaban J connectivity index is 1.56. The second-order valence-corrected chi connectivity index (χ2v) is 5.31. The number of rotatable bonds is 4.